The molecule has 0 fully saturated rings. The van der Waals surface area contributed by atoms with Gasteiger partial charge in [-0.25, -0.2) is 0 Å². The van der Waals surface area contributed by atoms with Crippen LogP contribution >= 0.6 is 0 Å². The van der Waals surface area contributed by atoms with E-state index in [1.54, 1.807) is 7.11 Å². The van der Waals surface area contributed by atoms with Crippen molar-refractivity contribution in [2.45, 2.75) is 19.9 Å². The van der Waals surface area contributed by atoms with Gasteiger partial charge in [0.2, 0.25) is 0 Å². The Morgan fingerprint density at radius 1 is 1.05 bits per heavy atom. The second kappa shape index (κ2) is 10.8. The van der Waals surface area contributed by atoms with Gasteiger partial charge in [0.05, 0.1) is 19.8 Å². The van der Waals surface area contributed by atoms with Crippen LogP contribution in [0.15, 0.2) is 24.3 Å². The SMILES string of the molecule is CCOc1ccc(CNCCCOCCOC)cc1. The van der Waals surface area contributed by atoms with Crippen LogP contribution in [0, 0.1) is 0 Å². The first kappa shape index (κ1) is 16.0. The van der Waals surface area contributed by atoms with Crippen molar-refractivity contribution >= 4 is 0 Å². The third-order valence-electron chi connectivity index (χ3n) is 2.64. The van der Waals surface area contributed by atoms with E-state index in [1.807, 2.05) is 19.1 Å². The lowest BCUT2D eigenvalue weighted by Gasteiger charge is -2.07. The molecule has 0 radical (unpaired) electrons. The van der Waals surface area contributed by atoms with Crippen molar-refractivity contribution in [2.75, 3.05) is 40.1 Å². The van der Waals surface area contributed by atoms with Crippen molar-refractivity contribution in [2.24, 2.45) is 0 Å². The summed E-state index contributed by atoms with van der Waals surface area (Å²) >= 11 is 0. The molecule has 0 atom stereocenters. The number of hydrogen-bond donors (Lipinski definition) is 1. The fourth-order valence-corrected chi connectivity index (χ4v) is 1.65. The smallest absolute Gasteiger partial charge is 0.119 e. The highest BCUT2D eigenvalue weighted by atomic mass is 16.5. The molecule has 0 aliphatic heterocycles. The van der Waals surface area contributed by atoms with Gasteiger partial charge in [-0.1, -0.05) is 12.1 Å². The average molecular weight is 267 g/mol. The summed E-state index contributed by atoms with van der Waals surface area (Å²) in [6.45, 7) is 6.66. The van der Waals surface area contributed by atoms with Gasteiger partial charge in [0.15, 0.2) is 0 Å². The van der Waals surface area contributed by atoms with E-state index in [1.165, 1.54) is 5.56 Å². The predicted molar refractivity (Wildman–Crippen MR) is 76.6 cm³/mol. The molecule has 108 valence electrons. The van der Waals surface area contributed by atoms with Gasteiger partial charge in [-0.3, -0.25) is 0 Å². The van der Waals surface area contributed by atoms with Crippen LogP contribution in [0.4, 0.5) is 0 Å². The molecule has 4 heteroatoms. The van der Waals surface area contributed by atoms with Gasteiger partial charge in [-0.2, -0.15) is 0 Å². The van der Waals surface area contributed by atoms with E-state index in [0.29, 0.717) is 19.8 Å². The summed E-state index contributed by atoms with van der Waals surface area (Å²) in [6, 6.07) is 8.20. The summed E-state index contributed by atoms with van der Waals surface area (Å²) < 4.78 is 15.7. The molecule has 0 aliphatic carbocycles. The van der Waals surface area contributed by atoms with Crippen LogP contribution in [0.2, 0.25) is 0 Å². The van der Waals surface area contributed by atoms with Gasteiger partial charge in [-0.05, 0) is 37.6 Å². The maximum atomic E-state index is 5.40. The minimum absolute atomic E-state index is 0.666. The van der Waals surface area contributed by atoms with Gasteiger partial charge in [0.1, 0.15) is 5.75 Å². The molecular weight excluding hydrogens is 242 g/mol. The fraction of sp³-hybridized carbons (Fsp3) is 0.600. The lowest BCUT2D eigenvalue weighted by atomic mass is 10.2. The second-order valence-corrected chi connectivity index (χ2v) is 4.21. The first-order valence-corrected chi connectivity index (χ1v) is 6.86. The van der Waals surface area contributed by atoms with Gasteiger partial charge in [0, 0.05) is 20.3 Å². The Balaban J connectivity index is 2.02. The topological polar surface area (TPSA) is 39.7 Å². The Kier molecular flexibility index (Phi) is 9.06. The maximum Gasteiger partial charge on any atom is 0.119 e. The molecule has 0 heterocycles. The lowest BCUT2D eigenvalue weighted by Crippen LogP contribution is -2.16. The van der Waals surface area contributed by atoms with Gasteiger partial charge >= 0.3 is 0 Å². The average Bonchev–Trinajstić information content (AvgIpc) is 2.44. The predicted octanol–water partition coefficient (Wildman–Crippen LogP) is 2.23. The molecule has 4 nitrogen and oxygen atoms in total. The summed E-state index contributed by atoms with van der Waals surface area (Å²) in [5.41, 5.74) is 1.27. The fourth-order valence-electron chi connectivity index (χ4n) is 1.65. The minimum Gasteiger partial charge on any atom is -0.494 e. The molecule has 0 aromatic heterocycles. The molecule has 0 unspecified atom stereocenters. The van der Waals surface area contributed by atoms with E-state index >= 15 is 0 Å². The van der Waals surface area contributed by atoms with Crippen molar-refractivity contribution in [1.82, 2.24) is 5.32 Å². The van der Waals surface area contributed by atoms with Gasteiger partial charge in [0.25, 0.3) is 0 Å². The van der Waals surface area contributed by atoms with Crippen LogP contribution in [0.25, 0.3) is 0 Å². The Bertz CT molecular complexity index is 314. The highest BCUT2D eigenvalue weighted by Gasteiger charge is 1.95. The molecule has 1 rings (SSSR count). The van der Waals surface area contributed by atoms with Crippen molar-refractivity contribution in [3.05, 3.63) is 29.8 Å². The number of benzene rings is 1. The molecule has 1 N–H and O–H groups in total. The van der Waals surface area contributed by atoms with E-state index in [9.17, 15) is 0 Å². The number of methoxy groups -OCH3 is 1. The van der Waals surface area contributed by atoms with E-state index in [4.69, 9.17) is 14.2 Å². The van der Waals surface area contributed by atoms with Crippen LogP contribution in [0.3, 0.4) is 0 Å². The quantitative estimate of drug-likeness (QED) is 0.624. The highest BCUT2D eigenvalue weighted by molar-refractivity contribution is 5.27. The Morgan fingerprint density at radius 3 is 2.53 bits per heavy atom. The monoisotopic (exact) mass is 267 g/mol. The van der Waals surface area contributed by atoms with Crippen molar-refractivity contribution in [1.29, 1.82) is 0 Å². The second-order valence-electron chi connectivity index (χ2n) is 4.21. The van der Waals surface area contributed by atoms with Gasteiger partial charge in [-0.15, -0.1) is 0 Å². The first-order chi connectivity index (χ1) is 9.36. The summed E-state index contributed by atoms with van der Waals surface area (Å²) in [6.07, 6.45) is 1.01. The van der Waals surface area contributed by atoms with Gasteiger partial charge < -0.3 is 19.5 Å². The molecule has 0 saturated heterocycles. The molecule has 0 saturated carbocycles. The summed E-state index contributed by atoms with van der Waals surface area (Å²) in [7, 11) is 1.68. The van der Waals surface area contributed by atoms with E-state index < -0.39 is 0 Å². The van der Waals surface area contributed by atoms with E-state index in [0.717, 1.165) is 31.9 Å². The Hall–Kier alpha value is -1.10. The highest BCUT2D eigenvalue weighted by Crippen LogP contribution is 2.11. The molecule has 0 amide bonds. The number of rotatable bonds is 11. The third-order valence-corrected chi connectivity index (χ3v) is 2.64. The van der Waals surface area contributed by atoms with Crippen LogP contribution in [0.1, 0.15) is 18.9 Å². The van der Waals surface area contributed by atoms with Crippen LogP contribution in [-0.4, -0.2) is 40.1 Å². The van der Waals surface area contributed by atoms with Crippen LogP contribution < -0.4 is 10.1 Å². The van der Waals surface area contributed by atoms with Crippen LogP contribution in [0.5, 0.6) is 5.75 Å². The zero-order valence-electron chi connectivity index (χ0n) is 12.0. The maximum absolute atomic E-state index is 5.40. The summed E-state index contributed by atoms with van der Waals surface area (Å²) in [5, 5.41) is 3.39. The Labute approximate surface area is 116 Å². The minimum atomic E-state index is 0.666. The molecule has 19 heavy (non-hydrogen) atoms. The van der Waals surface area contributed by atoms with Crippen LogP contribution in [-0.2, 0) is 16.0 Å². The first-order valence-electron chi connectivity index (χ1n) is 6.86. The molecule has 0 aliphatic rings. The third kappa shape index (κ3) is 7.82. The number of hydrogen-bond acceptors (Lipinski definition) is 4. The van der Waals surface area contributed by atoms with Crippen molar-refractivity contribution in [3.63, 3.8) is 0 Å². The van der Waals surface area contributed by atoms with Crippen molar-refractivity contribution < 1.29 is 14.2 Å². The van der Waals surface area contributed by atoms with E-state index in [-0.39, 0.29) is 0 Å². The largest absolute Gasteiger partial charge is 0.494 e. The summed E-state index contributed by atoms with van der Waals surface area (Å²) in [5.74, 6) is 0.929. The van der Waals surface area contributed by atoms with Crippen molar-refractivity contribution in [3.8, 4) is 5.75 Å². The normalized spacial score (nSPS) is 10.6. The Morgan fingerprint density at radius 2 is 1.84 bits per heavy atom. The number of ether oxygens (including phenoxy) is 3. The lowest BCUT2D eigenvalue weighted by molar-refractivity contribution is 0.0695. The molecule has 1 aromatic rings. The molecule has 0 bridgehead atoms. The zero-order valence-corrected chi connectivity index (χ0v) is 12.0. The van der Waals surface area contributed by atoms with E-state index in [2.05, 4.69) is 17.4 Å². The molecular formula is C15H25NO3. The zero-order chi connectivity index (χ0) is 13.8. The molecule has 0 spiro atoms. The summed E-state index contributed by atoms with van der Waals surface area (Å²) in [4.78, 5) is 0. The molecule has 1 aromatic carbocycles. The number of nitrogens with one attached hydrogen (secondary N) is 1. The standard InChI is InChI=1S/C15H25NO3/c1-3-19-15-7-5-14(6-8-15)13-16-9-4-10-18-12-11-17-2/h5-8,16H,3-4,9-13H2,1-2H3.